The molecule has 0 spiro atoms. The molecular weight excluding hydrogens is 388 g/mol. The number of carbonyl (C=O) groups is 1. The summed E-state index contributed by atoms with van der Waals surface area (Å²) in [6.45, 7) is 2.52. The van der Waals surface area contributed by atoms with Crippen LogP contribution in [0.3, 0.4) is 0 Å². The van der Waals surface area contributed by atoms with Crippen molar-refractivity contribution in [2.75, 3.05) is 37.7 Å². The third-order valence-corrected chi connectivity index (χ3v) is 6.88. The fraction of sp³-hybridized carbons (Fsp3) is 0.333. The van der Waals surface area contributed by atoms with Crippen LogP contribution in [0.5, 0.6) is 0 Å². The van der Waals surface area contributed by atoms with E-state index in [1.165, 1.54) is 0 Å². The zero-order chi connectivity index (χ0) is 20.3. The Kier molecular flexibility index (Phi) is 5.64. The molecule has 0 bridgehead atoms. The maximum Gasteiger partial charge on any atom is 0.251 e. The zero-order valence-electron chi connectivity index (χ0n) is 16.1. The Morgan fingerprint density at radius 1 is 1.10 bits per heavy atom. The van der Waals surface area contributed by atoms with E-state index in [9.17, 15) is 13.2 Å². The van der Waals surface area contributed by atoms with E-state index in [4.69, 9.17) is 0 Å². The van der Waals surface area contributed by atoms with E-state index in [0.717, 1.165) is 35.1 Å². The highest BCUT2D eigenvalue weighted by Crippen LogP contribution is 2.25. The Hall–Kier alpha value is -2.71. The Balaban J connectivity index is 1.29. The Labute approximate surface area is 170 Å². The van der Waals surface area contributed by atoms with E-state index in [1.54, 1.807) is 6.20 Å². The van der Waals surface area contributed by atoms with Crippen molar-refractivity contribution in [3.8, 4) is 11.3 Å². The lowest BCUT2D eigenvalue weighted by Crippen LogP contribution is -2.41. The average molecular weight is 413 g/mol. The molecule has 1 saturated heterocycles. The Morgan fingerprint density at radius 3 is 2.62 bits per heavy atom. The number of hydrogen-bond acceptors (Lipinski definition) is 5. The number of sulfone groups is 1. The minimum absolute atomic E-state index is 0.106. The summed E-state index contributed by atoms with van der Waals surface area (Å²) in [6.07, 6.45) is 4.45. The molecule has 1 amide bonds. The van der Waals surface area contributed by atoms with Crippen LogP contribution in [-0.2, 0) is 9.84 Å². The number of amides is 1. The lowest BCUT2D eigenvalue weighted by atomic mass is 10.1. The molecule has 0 aliphatic carbocycles. The minimum atomic E-state index is -2.85. The second-order valence-corrected chi connectivity index (χ2v) is 9.58. The van der Waals surface area contributed by atoms with Gasteiger partial charge in [-0.25, -0.2) is 8.42 Å². The average Bonchev–Trinajstić information content (AvgIpc) is 3.21. The van der Waals surface area contributed by atoms with Crippen LogP contribution in [0.2, 0.25) is 0 Å². The number of nitrogens with zero attached hydrogens (tertiary/aromatic N) is 2. The summed E-state index contributed by atoms with van der Waals surface area (Å²) < 4.78 is 22.9. The monoisotopic (exact) mass is 412 g/mol. The summed E-state index contributed by atoms with van der Waals surface area (Å²) in [7, 11) is -2.85. The van der Waals surface area contributed by atoms with Gasteiger partial charge in [-0.15, -0.1) is 0 Å². The molecule has 2 aromatic heterocycles. The molecule has 1 aliphatic rings. The largest absolute Gasteiger partial charge is 0.361 e. The first kappa shape index (κ1) is 19.6. The molecule has 1 aliphatic heterocycles. The summed E-state index contributed by atoms with van der Waals surface area (Å²) >= 11 is 0. The minimum Gasteiger partial charge on any atom is -0.361 e. The van der Waals surface area contributed by atoms with E-state index in [1.807, 2.05) is 42.6 Å². The number of carbonyl (C=O) groups excluding carboxylic acids is 1. The molecule has 0 atom stereocenters. The van der Waals surface area contributed by atoms with E-state index in [0.29, 0.717) is 25.2 Å². The van der Waals surface area contributed by atoms with Crippen LogP contribution >= 0.6 is 0 Å². The van der Waals surface area contributed by atoms with Crippen LogP contribution in [0.15, 0.2) is 48.8 Å². The van der Waals surface area contributed by atoms with Gasteiger partial charge in [-0.1, -0.05) is 12.1 Å². The van der Waals surface area contributed by atoms with E-state index >= 15 is 0 Å². The van der Waals surface area contributed by atoms with Crippen LogP contribution in [0, 0.1) is 0 Å². The number of hydrogen-bond donors (Lipinski definition) is 2. The van der Waals surface area contributed by atoms with Gasteiger partial charge < -0.3 is 15.2 Å². The SMILES string of the molecule is O=C(NCCCN1CCS(=O)(=O)CC1)c1ccc(-c2nccc3[nH]ccc23)cc1. The molecule has 0 unspecified atom stereocenters. The fourth-order valence-electron chi connectivity index (χ4n) is 3.57. The van der Waals surface area contributed by atoms with Crippen LogP contribution in [0.4, 0.5) is 0 Å². The molecule has 0 saturated carbocycles. The summed E-state index contributed by atoms with van der Waals surface area (Å²) in [5.74, 6) is 0.360. The third kappa shape index (κ3) is 4.65. The maximum absolute atomic E-state index is 12.4. The molecule has 4 rings (SSSR count). The van der Waals surface area contributed by atoms with Crippen LogP contribution in [0.25, 0.3) is 22.2 Å². The quantitative estimate of drug-likeness (QED) is 0.605. The summed E-state index contributed by atoms with van der Waals surface area (Å²) in [4.78, 5) is 22.2. The molecule has 29 heavy (non-hydrogen) atoms. The van der Waals surface area contributed by atoms with Crippen molar-refractivity contribution in [2.24, 2.45) is 0 Å². The van der Waals surface area contributed by atoms with Crippen molar-refractivity contribution < 1.29 is 13.2 Å². The highest BCUT2D eigenvalue weighted by Gasteiger charge is 2.20. The number of fused-ring (bicyclic) bond motifs is 1. The van der Waals surface area contributed by atoms with Gasteiger partial charge in [0.1, 0.15) is 0 Å². The molecule has 2 N–H and O–H groups in total. The van der Waals surface area contributed by atoms with Crippen LogP contribution in [-0.4, -0.2) is 66.9 Å². The lowest BCUT2D eigenvalue weighted by molar-refractivity contribution is 0.0952. The third-order valence-electron chi connectivity index (χ3n) is 5.27. The molecule has 3 heterocycles. The van der Waals surface area contributed by atoms with E-state index < -0.39 is 9.84 Å². The van der Waals surface area contributed by atoms with Gasteiger partial charge in [-0.2, -0.15) is 0 Å². The smallest absolute Gasteiger partial charge is 0.251 e. The van der Waals surface area contributed by atoms with Crippen molar-refractivity contribution in [3.05, 3.63) is 54.4 Å². The zero-order valence-corrected chi connectivity index (χ0v) is 16.9. The van der Waals surface area contributed by atoms with Crippen LogP contribution in [0.1, 0.15) is 16.8 Å². The van der Waals surface area contributed by atoms with Crippen LogP contribution < -0.4 is 5.32 Å². The van der Waals surface area contributed by atoms with Gasteiger partial charge in [0, 0.05) is 54.1 Å². The first-order valence-electron chi connectivity index (χ1n) is 9.75. The topological polar surface area (TPSA) is 95.2 Å². The van der Waals surface area contributed by atoms with Gasteiger partial charge in [0.05, 0.1) is 17.2 Å². The van der Waals surface area contributed by atoms with Gasteiger partial charge in [0.15, 0.2) is 9.84 Å². The number of H-pyrrole nitrogens is 1. The molecule has 7 nitrogen and oxygen atoms in total. The van der Waals surface area contributed by atoms with E-state index in [-0.39, 0.29) is 17.4 Å². The van der Waals surface area contributed by atoms with Gasteiger partial charge in [0.2, 0.25) is 0 Å². The maximum atomic E-state index is 12.4. The molecule has 152 valence electrons. The number of benzene rings is 1. The molecular formula is C21H24N4O3S. The standard InChI is InChI=1S/C21H24N4O3S/c26-21(24-8-1-11-25-12-14-29(27,28)15-13-25)17-4-2-16(3-5-17)20-18-6-9-22-19(18)7-10-23-20/h2-7,9-10,22H,1,8,11-15H2,(H,24,26). The molecule has 1 aromatic carbocycles. The normalized spacial score (nSPS) is 16.7. The highest BCUT2D eigenvalue weighted by atomic mass is 32.2. The lowest BCUT2D eigenvalue weighted by Gasteiger charge is -2.26. The number of aromatic amines is 1. The number of pyridine rings is 1. The Bertz CT molecular complexity index is 1090. The second kappa shape index (κ2) is 8.34. The summed E-state index contributed by atoms with van der Waals surface area (Å²) in [5.41, 5.74) is 3.49. The number of rotatable bonds is 6. The molecule has 3 aromatic rings. The van der Waals surface area contributed by atoms with Gasteiger partial charge in [-0.05, 0) is 37.2 Å². The Morgan fingerprint density at radius 2 is 1.86 bits per heavy atom. The van der Waals surface area contributed by atoms with Gasteiger partial charge in [-0.3, -0.25) is 9.78 Å². The fourth-order valence-corrected chi connectivity index (χ4v) is 4.85. The van der Waals surface area contributed by atoms with E-state index in [2.05, 4.69) is 20.2 Å². The predicted molar refractivity (Wildman–Crippen MR) is 114 cm³/mol. The van der Waals surface area contributed by atoms with Crippen molar-refractivity contribution >= 4 is 26.6 Å². The highest BCUT2D eigenvalue weighted by molar-refractivity contribution is 7.91. The molecule has 0 radical (unpaired) electrons. The van der Waals surface area contributed by atoms with Gasteiger partial charge >= 0.3 is 0 Å². The van der Waals surface area contributed by atoms with Gasteiger partial charge in [0.25, 0.3) is 5.91 Å². The first-order chi connectivity index (χ1) is 14.0. The number of aromatic nitrogens is 2. The van der Waals surface area contributed by atoms with Crippen molar-refractivity contribution in [1.29, 1.82) is 0 Å². The second-order valence-electron chi connectivity index (χ2n) is 7.28. The van der Waals surface area contributed by atoms with Crippen molar-refractivity contribution in [1.82, 2.24) is 20.2 Å². The molecule has 1 fully saturated rings. The van der Waals surface area contributed by atoms with Crippen molar-refractivity contribution in [3.63, 3.8) is 0 Å². The van der Waals surface area contributed by atoms with Crippen molar-refractivity contribution in [2.45, 2.75) is 6.42 Å². The first-order valence-corrected chi connectivity index (χ1v) is 11.6. The summed E-state index contributed by atoms with van der Waals surface area (Å²) in [5, 5.41) is 3.99. The molecule has 8 heteroatoms. The summed E-state index contributed by atoms with van der Waals surface area (Å²) in [6, 6.07) is 11.4. The number of nitrogens with one attached hydrogen (secondary N) is 2. The predicted octanol–water partition coefficient (Wildman–Crippen LogP) is 2.08.